The van der Waals surface area contributed by atoms with Crippen LogP contribution in [0.15, 0.2) is 18.2 Å². The summed E-state index contributed by atoms with van der Waals surface area (Å²) in [4.78, 5) is 0. The number of phenolic OH excluding ortho intramolecular Hbond substituents is 1. The summed E-state index contributed by atoms with van der Waals surface area (Å²) in [6, 6.07) is 5.29. The molecule has 2 aromatic rings. The van der Waals surface area contributed by atoms with E-state index in [0.29, 0.717) is 40.2 Å². The standard InChI is InChI=1S/C18H22O6/c1-18(2)23-9-14(24-18)10-8-13(22-5)15-11(20-3)6-7-12(21-4)16(15)17(10)19/h6-8,14,19H,9H2,1-5H3/t14-/m1/s1. The van der Waals surface area contributed by atoms with Gasteiger partial charge in [-0.15, -0.1) is 0 Å². The van der Waals surface area contributed by atoms with Gasteiger partial charge in [-0.1, -0.05) is 0 Å². The maximum Gasteiger partial charge on any atom is 0.163 e. The van der Waals surface area contributed by atoms with Crippen LogP contribution in [-0.2, 0) is 9.47 Å². The van der Waals surface area contributed by atoms with Gasteiger partial charge in [-0.25, -0.2) is 0 Å². The summed E-state index contributed by atoms with van der Waals surface area (Å²) < 4.78 is 27.9. The highest BCUT2D eigenvalue weighted by Gasteiger charge is 2.36. The Morgan fingerprint density at radius 3 is 2.08 bits per heavy atom. The predicted molar refractivity (Wildman–Crippen MR) is 89.1 cm³/mol. The second-order valence-corrected chi connectivity index (χ2v) is 6.05. The Kier molecular flexibility index (Phi) is 4.19. The molecule has 0 saturated carbocycles. The van der Waals surface area contributed by atoms with Crippen LogP contribution in [0.4, 0.5) is 0 Å². The number of aromatic hydroxyl groups is 1. The van der Waals surface area contributed by atoms with Crippen LogP contribution in [0.1, 0.15) is 25.5 Å². The number of ether oxygens (including phenoxy) is 5. The molecule has 1 fully saturated rings. The van der Waals surface area contributed by atoms with E-state index in [1.807, 2.05) is 13.8 Å². The van der Waals surface area contributed by atoms with Crippen molar-refractivity contribution in [3.8, 4) is 23.0 Å². The first-order valence-electron chi connectivity index (χ1n) is 7.68. The highest BCUT2D eigenvalue weighted by molar-refractivity contribution is 6.02. The predicted octanol–water partition coefficient (Wildman–Crippen LogP) is 3.40. The van der Waals surface area contributed by atoms with Crippen LogP contribution in [0, 0.1) is 0 Å². The Balaban J connectivity index is 2.28. The van der Waals surface area contributed by atoms with E-state index in [1.54, 1.807) is 39.5 Å². The van der Waals surface area contributed by atoms with Crippen LogP contribution >= 0.6 is 0 Å². The summed E-state index contributed by atoms with van der Waals surface area (Å²) in [5.41, 5.74) is 0.594. The van der Waals surface area contributed by atoms with Crippen LogP contribution in [-0.4, -0.2) is 38.8 Å². The van der Waals surface area contributed by atoms with Crippen molar-refractivity contribution in [3.63, 3.8) is 0 Å². The molecule has 6 nitrogen and oxygen atoms in total. The van der Waals surface area contributed by atoms with Gasteiger partial charge in [-0.3, -0.25) is 0 Å². The Bertz CT molecular complexity index is 768. The fourth-order valence-electron chi connectivity index (χ4n) is 3.06. The van der Waals surface area contributed by atoms with Crippen molar-refractivity contribution in [1.29, 1.82) is 0 Å². The summed E-state index contributed by atoms with van der Waals surface area (Å²) in [6.07, 6.45) is -0.394. The minimum atomic E-state index is -0.697. The number of hydrogen-bond acceptors (Lipinski definition) is 6. The lowest BCUT2D eigenvalue weighted by Gasteiger charge is -2.20. The van der Waals surface area contributed by atoms with Crippen LogP contribution in [0.25, 0.3) is 10.8 Å². The van der Waals surface area contributed by atoms with Crippen molar-refractivity contribution < 1.29 is 28.8 Å². The Labute approximate surface area is 140 Å². The number of fused-ring (bicyclic) bond motifs is 1. The molecular formula is C18H22O6. The first-order valence-corrected chi connectivity index (χ1v) is 7.68. The molecule has 1 N–H and O–H groups in total. The van der Waals surface area contributed by atoms with E-state index in [1.165, 1.54) is 0 Å². The Morgan fingerprint density at radius 1 is 1.00 bits per heavy atom. The molecule has 1 aliphatic heterocycles. The summed E-state index contributed by atoms with van der Waals surface area (Å²) in [7, 11) is 4.70. The zero-order chi connectivity index (χ0) is 17.5. The monoisotopic (exact) mass is 334 g/mol. The van der Waals surface area contributed by atoms with Gasteiger partial charge in [0.2, 0.25) is 0 Å². The van der Waals surface area contributed by atoms with Gasteiger partial charge in [0.05, 0.1) is 38.7 Å². The van der Waals surface area contributed by atoms with Gasteiger partial charge in [0.25, 0.3) is 0 Å². The van der Waals surface area contributed by atoms with Crippen molar-refractivity contribution in [3.05, 3.63) is 23.8 Å². The molecule has 24 heavy (non-hydrogen) atoms. The highest BCUT2D eigenvalue weighted by Crippen LogP contribution is 2.49. The maximum atomic E-state index is 10.9. The SMILES string of the molecule is COc1ccc(OC)c2c(O)c([C@H]3COC(C)(C)O3)cc(OC)c12. The fraction of sp³-hybridized carbons (Fsp3) is 0.444. The van der Waals surface area contributed by atoms with Crippen molar-refractivity contribution in [1.82, 2.24) is 0 Å². The van der Waals surface area contributed by atoms with Crippen molar-refractivity contribution in [2.45, 2.75) is 25.7 Å². The van der Waals surface area contributed by atoms with Gasteiger partial charge in [-0.2, -0.15) is 0 Å². The number of benzene rings is 2. The van der Waals surface area contributed by atoms with E-state index < -0.39 is 11.9 Å². The van der Waals surface area contributed by atoms with Crippen molar-refractivity contribution >= 4 is 10.8 Å². The summed E-state index contributed by atoms with van der Waals surface area (Å²) in [5, 5.41) is 12.1. The lowest BCUT2D eigenvalue weighted by Crippen LogP contribution is -2.19. The van der Waals surface area contributed by atoms with Gasteiger partial charge in [0.1, 0.15) is 29.1 Å². The van der Waals surface area contributed by atoms with E-state index in [9.17, 15) is 5.11 Å². The average Bonchev–Trinajstić information content (AvgIpc) is 2.94. The maximum absolute atomic E-state index is 10.9. The largest absolute Gasteiger partial charge is 0.507 e. The summed E-state index contributed by atoms with van der Waals surface area (Å²) in [5.74, 6) is 1.07. The number of hydrogen-bond donors (Lipinski definition) is 1. The van der Waals surface area contributed by atoms with Gasteiger partial charge < -0.3 is 28.8 Å². The molecule has 1 heterocycles. The van der Waals surface area contributed by atoms with Crippen molar-refractivity contribution in [2.24, 2.45) is 0 Å². The Hall–Kier alpha value is -2.18. The summed E-state index contributed by atoms with van der Waals surface area (Å²) >= 11 is 0. The molecule has 1 saturated heterocycles. The molecule has 0 radical (unpaired) electrons. The first-order chi connectivity index (χ1) is 11.4. The van der Waals surface area contributed by atoms with Crippen LogP contribution in [0.2, 0.25) is 0 Å². The van der Waals surface area contributed by atoms with Gasteiger partial charge in [0.15, 0.2) is 5.79 Å². The van der Waals surface area contributed by atoms with Crippen LogP contribution in [0.3, 0.4) is 0 Å². The van der Waals surface area contributed by atoms with Gasteiger partial charge >= 0.3 is 0 Å². The Morgan fingerprint density at radius 2 is 1.58 bits per heavy atom. The molecule has 0 aliphatic carbocycles. The van der Waals surface area contributed by atoms with Crippen molar-refractivity contribution in [2.75, 3.05) is 27.9 Å². The molecule has 0 unspecified atom stereocenters. The molecule has 0 amide bonds. The topological polar surface area (TPSA) is 66.4 Å². The van der Waals surface area contributed by atoms with E-state index in [-0.39, 0.29) is 5.75 Å². The number of rotatable bonds is 4. The molecule has 0 spiro atoms. The second-order valence-electron chi connectivity index (χ2n) is 6.05. The molecule has 2 aromatic carbocycles. The smallest absolute Gasteiger partial charge is 0.163 e. The zero-order valence-corrected chi connectivity index (χ0v) is 14.5. The van der Waals surface area contributed by atoms with Gasteiger partial charge in [-0.05, 0) is 32.0 Å². The molecule has 0 bridgehead atoms. The lowest BCUT2D eigenvalue weighted by molar-refractivity contribution is -0.139. The normalized spacial score (nSPS) is 19.5. The third kappa shape index (κ3) is 2.61. The third-order valence-corrected chi connectivity index (χ3v) is 4.19. The molecule has 130 valence electrons. The molecule has 6 heteroatoms. The van der Waals surface area contributed by atoms with E-state index >= 15 is 0 Å². The van der Waals surface area contributed by atoms with Crippen LogP contribution < -0.4 is 14.2 Å². The van der Waals surface area contributed by atoms with E-state index in [4.69, 9.17) is 23.7 Å². The minimum Gasteiger partial charge on any atom is -0.507 e. The quantitative estimate of drug-likeness (QED) is 0.924. The molecule has 1 atom stereocenters. The molecule has 0 aromatic heterocycles. The zero-order valence-electron chi connectivity index (χ0n) is 14.5. The molecule has 1 aliphatic rings. The minimum absolute atomic E-state index is 0.0767. The average molecular weight is 334 g/mol. The van der Waals surface area contributed by atoms with E-state index in [0.717, 1.165) is 0 Å². The first kappa shape index (κ1) is 16.7. The fourth-order valence-corrected chi connectivity index (χ4v) is 3.06. The lowest BCUT2D eigenvalue weighted by atomic mass is 9.99. The highest BCUT2D eigenvalue weighted by atomic mass is 16.7. The number of methoxy groups -OCH3 is 3. The van der Waals surface area contributed by atoms with Crippen LogP contribution in [0.5, 0.6) is 23.0 Å². The molecule has 3 rings (SSSR count). The van der Waals surface area contributed by atoms with Gasteiger partial charge in [0, 0.05) is 5.56 Å². The second kappa shape index (κ2) is 6.03. The van der Waals surface area contributed by atoms with E-state index in [2.05, 4.69) is 0 Å². The molecular weight excluding hydrogens is 312 g/mol. The summed E-state index contributed by atoms with van der Waals surface area (Å²) in [6.45, 7) is 4.03. The third-order valence-electron chi connectivity index (χ3n) is 4.19. The number of phenols is 1.